The van der Waals surface area contributed by atoms with Crippen molar-refractivity contribution in [2.75, 3.05) is 26.0 Å². The second-order valence-corrected chi connectivity index (χ2v) is 14.3. The average molecular weight is 741 g/mol. The molecule has 7 rings (SSSR count). The number of ether oxygens (including phenoxy) is 1. The summed E-state index contributed by atoms with van der Waals surface area (Å²) in [6, 6.07) is 17.2. The molecule has 4 aliphatic rings. The summed E-state index contributed by atoms with van der Waals surface area (Å²) in [6.45, 7) is 1.64. The second-order valence-electron chi connectivity index (χ2n) is 13.9. The molecule has 0 heterocycles. The molecule has 2 amide bonds. The van der Waals surface area contributed by atoms with Gasteiger partial charge in [0.1, 0.15) is 29.4 Å². The molecule has 0 bridgehead atoms. The molecule has 6 atom stereocenters. The number of ketones is 2. The zero-order valence-corrected chi connectivity index (χ0v) is 29.5. The maximum atomic E-state index is 14.2. The number of primary amides is 1. The van der Waals surface area contributed by atoms with Gasteiger partial charge in [0, 0.05) is 17.4 Å². The Morgan fingerprint density at radius 3 is 2.15 bits per heavy atom. The molecule has 0 radical (unpaired) electrons. The normalized spacial score (nSPS) is 26.0. The zero-order valence-electron chi connectivity index (χ0n) is 28.7. The van der Waals surface area contributed by atoms with Crippen LogP contribution in [0.1, 0.15) is 41.0 Å². The molecule has 14 nitrogen and oxygen atoms in total. The van der Waals surface area contributed by atoms with Crippen molar-refractivity contribution in [3.8, 4) is 16.9 Å². The Morgan fingerprint density at radius 1 is 0.962 bits per heavy atom. The van der Waals surface area contributed by atoms with Gasteiger partial charge in [-0.05, 0) is 66.1 Å². The van der Waals surface area contributed by atoms with Crippen LogP contribution in [0.3, 0.4) is 0 Å². The number of nitrogens with two attached hydrogens (primary N) is 1. The van der Waals surface area contributed by atoms with Crippen molar-refractivity contribution < 1.29 is 49.4 Å². The number of aliphatic hydroxyl groups excluding tert-OH is 3. The molecular formula is C38H36N4O10S. The molecule has 15 heteroatoms. The molecule has 0 aromatic heterocycles. The zero-order chi connectivity index (χ0) is 38.3. The van der Waals surface area contributed by atoms with Crippen molar-refractivity contribution in [2.24, 2.45) is 17.6 Å². The van der Waals surface area contributed by atoms with Crippen molar-refractivity contribution in [2.45, 2.75) is 36.5 Å². The van der Waals surface area contributed by atoms with E-state index in [1.807, 2.05) is 48.5 Å². The number of phenolic OH excluding ortho intramolecular Hbond substituents is 1. The number of aliphatic hydroxyl groups is 4. The lowest BCUT2D eigenvalue weighted by Gasteiger charge is -2.53. The van der Waals surface area contributed by atoms with Crippen LogP contribution >= 0.6 is 12.2 Å². The summed E-state index contributed by atoms with van der Waals surface area (Å²) in [5.74, 6) is -10.3. The number of amides is 2. The monoisotopic (exact) mass is 740 g/mol. The van der Waals surface area contributed by atoms with Crippen molar-refractivity contribution in [1.29, 1.82) is 0 Å². The summed E-state index contributed by atoms with van der Waals surface area (Å²) in [5.41, 5.74) is 4.93. The van der Waals surface area contributed by atoms with Gasteiger partial charge in [-0.1, -0.05) is 61.5 Å². The van der Waals surface area contributed by atoms with Gasteiger partial charge in [-0.15, -0.1) is 0 Å². The average Bonchev–Trinajstić information content (AvgIpc) is 3.43. The summed E-state index contributed by atoms with van der Waals surface area (Å²) >= 11 is 5.32. The van der Waals surface area contributed by atoms with Gasteiger partial charge in [0.25, 0.3) is 5.91 Å². The first kappa shape index (κ1) is 35.8. The van der Waals surface area contributed by atoms with Gasteiger partial charge in [0.05, 0.1) is 29.3 Å². The van der Waals surface area contributed by atoms with Gasteiger partial charge < -0.3 is 41.3 Å². The number of carbonyl (C=O) groups excluding carboxylic acids is 4. The highest BCUT2D eigenvalue weighted by Crippen LogP contribution is 2.56. The molecule has 0 spiro atoms. The Bertz CT molecular complexity index is 2170. The number of phenols is 1. The highest BCUT2D eigenvalue weighted by atomic mass is 32.1. The fraction of sp³-hybridized carbons (Fsp3) is 0.289. The number of anilines is 1. The maximum absolute atomic E-state index is 14.2. The summed E-state index contributed by atoms with van der Waals surface area (Å²) in [7, 11) is 2.87. The molecule has 0 aliphatic heterocycles. The number of aromatic hydroxyl groups is 1. The van der Waals surface area contributed by atoms with Crippen LogP contribution in [0.25, 0.3) is 16.9 Å². The quantitative estimate of drug-likeness (QED) is 0.107. The lowest BCUT2D eigenvalue weighted by molar-refractivity contribution is -0.169. The van der Waals surface area contributed by atoms with Crippen LogP contribution in [-0.4, -0.2) is 97.6 Å². The van der Waals surface area contributed by atoms with Crippen LogP contribution in [-0.2, 0) is 19.1 Å². The third kappa shape index (κ3) is 5.22. The fourth-order valence-electron chi connectivity index (χ4n) is 8.60. The van der Waals surface area contributed by atoms with Gasteiger partial charge >= 0.3 is 6.09 Å². The predicted octanol–water partition coefficient (Wildman–Crippen LogP) is 2.73. The van der Waals surface area contributed by atoms with Crippen LogP contribution < -0.4 is 16.4 Å². The van der Waals surface area contributed by atoms with E-state index in [0.29, 0.717) is 5.56 Å². The van der Waals surface area contributed by atoms with E-state index in [9.17, 15) is 44.7 Å². The number of carbonyl (C=O) groups is 4. The summed E-state index contributed by atoms with van der Waals surface area (Å²) in [5, 5.41) is 62.6. The topological polar surface area (TPSA) is 232 Å². The first-order valence-electron chi connectivity index (χ1n) is 16.7. The number of rotatable bonds is 5. The number of nitrogens with one attached hydrogen (secondary N) is 2. The lowest BCUT2D eigenvalue weighted by atomic mass is 9.54. The summed E-state index contributed by atoms with van der Waals surface area (Å²) in [6.07, 6.45) is -2.59. The van der Waals surface area contributed by atoms with Crippen molar-refractivity contribution in [1.82, 2.24) is 10.2 Å². The first-order valence-corrected chi connectivity index (χ1v) is 17.1. The maximum Gasteiger partial charge on any atom is 0.413 e. The van der Waals surface area contributed by atoms with Gasteiger partial charge in [0.2, 0.25) is 5.78 Å². The number of Topliss-reactive ketones (excluding diaryl/α,β-unsaturated/α-hetero) is 2. The van der Waals surface area contributed by atoms with E-state index >= 15 is 0 Å². The Morgan fingerprint density at radius 2 is 1.57 bits per heavy atom. The molecular weight excluding hydrogens is 705 g/mol. The van der Waals surface area contributed by atoms with Crippen LogP contribution in [0.4, 0.5) is 10.5 Å². The number of likely N-dealkylation sites (N-methyl/N-ethyl adjacent to an activating group) is 1. The van der Waals surface area contributed by atoms with Gasteiger partial charge in [-0.25, -0.2) is 4.79 Å². The van der Waals surface area contributed by atoms with E-state index in [-0.39, 0.29) is 28.9 Å². The Labute approximate surface area is 308 Å². The van der Waals surface area contributed by atoms with E-state index in [4.69, 9.17) is 22.7 Å². The number of hydrogen-bond donors (Lipinski definition) is 8. The fourth-order valence-corrected chi connectivity index (χ4v) is 8.79. The van der Waals surface area contributed by atoms with Crippen LogP contribution in [0, 0.1) is 11.8 Å². The van der Waals surface area contributed by atoms with Crippen LogP contribution in [0.2, 0.25) is 0 Å². The molecule has 0 saturated heterocycles. The van der Waals surface area contributed by atoms with E-state index in [0.717, 1.165) is 22.3 Å². The summed E-state index contributed by atoms with van der Waals surface area (Å²) in [4.78, 5) is 54.0. The number of alkyl carbamates (subject to hydrolysis) is 1. The van der Waals surface area contributed by atoms with Gasteiger partial charge in [-0.2, -0.15) is 0 Å². The SMILES string of the molecule is C[C@@H]1c2ccc(NC(=S)NC(=O)OCC3c4ccccc4-c4ccccc43)c(O)c2C(O)=C2C(=O)[C@@]3(O)C(O)=C(C(N)=O)C(=O)[C@H](N(C)C)[C@@H]3[C@@H](O)[C@H]21. The third-order valence-electron chi connectivity index (χ3n) is 10.9. The highest BCUT2D eigenvalue weighted by molar-refractivity contribution is 7.80. The highest BCUT2D eigenvalue weighted by Gasteiger charge is 2.68. The molecule has 3 aromatic rings. The number of hydrogen-bond acceptors (Lipinski definition) is 12. The van der Waals surface area contributed by atoms with E-state index in [1.165, 1.54) is 31.1 Å². The number of nitrogens with zero attached hydrogens (tertiary/aromatic N) is 1. The third-order valence-corrected chi connectivity index (χ3v) is 11.1. The van der Waals surface area contributed by atoms with Gasteiger partial charge in [0.15, 0.2) is 16.5 Å². The number of fused-ring (bicyclic) bond motifs is 6. The minimum atomic E-state index is -3.04. The predicted molar refractivity (Wildman–Crippen MR) is 195 cm³/mol. The molecule has 4 aliphatic carbocycles. The van der Waals surface area contributed by atoms with E-state index < -0.39 is 87.5 Å². The molecule has 3 aromatic carbocycles. The molecule has 0 unspecified atom stereocenters. The van der Waals surface area contributed by atoms with Crippen molar-refractivity contribution in [3.05, 3.63) is 99.8 Å². The first-order chi connectivity index (χ1) is 25.1. The minimum Gasteiger partial charge on any atom is -0.508 e. The molecule has 274 valence electrons. The molecule has 1 saturated carbocycles. The van der Waals surface area contributed by atoms with Crippen molar-refractivity contribution in [3.63, 3.8) is 0 Å². The van der Waals surface area contributed by atoms with Crippen LogP contribution in [0.5, 0.6) is 5.75 Å². The van der Waals surface area contributed by atoms with Crippen LogP contribution in [0.15, 0.2) is 77.6 Å². The van der Waals surface area contributed by atoms with Gasteiger partial charge in [-0.3, -0.25) is 24.6 Å². The Kier molecular flexibility index (Phi) is 8.64. The minimum absolute atomic E-state index is 0.0231. The number of benzene rings is 3. The lowest BCUT2D eigenvalue weighted by Crippen LogP contribution is -2.70. The van der Waals surface area contributed by atoms with Crippen molar-refractivity contribution >= 4 is 52.3 Å². The molecule has 53 heavy (non-hydrogen) atoms. The largest absolute Gasteiger partial charge is 0.508 e. The van der Waals surface area contributed by atoms with E-state index in [2.05, 4.69) is 10.6 Å². The smallest absolute Gasteiger partial charge is 0.413 e. The summed E-state index contributed by atoms with van der Waals surface area (Å²) < 4.78 is 5.54. The van der Waals surface area contributed by atoms with E-state index in [1.54, 1.807) is 6.92 Å². The Balaban J connectivity index is 1.15. The standard InChI is InChI=1S/C38H36N4O10S/c1-15-16-12-13-22(40-36(53)41-37(50)52-14-21-19-10-6-4-8-17(19)18-9-5-7-11-20(18)21)29(43)24(16)30(44)25-23(15)31(45)27-28(42(2)3)32(46)26(35(39)49)34(48)38(27,51)33(25)47/h4-13,15,21,23,27-28,31,43-45,48,51H,14H2,1-3H3,(H2,39,49)(H2,40,41,50,53)/t15-,23+,27-,28-,31+,38-/m1/s1. The second kappa shape index (κ2) is 12.8. The molecule has 1 fully saturated rings. The molecule has 9 N–H and O–H groups in total. The Hall–Kier alpha value is -5.61. The number of thiocarbonyl (C=S) groups is 1.